The SMILES string of the molecule is CN1C(=O)/C(=C/c2ccc(C(=O)Cl)cc2)SC1=S. The van der Waals surface area contributed by atoms with Crippen LogP contribution in [0.25, 0.3) is 6.08 Å². The summed E-state index contributed by atoms with van der Waals surface area (Å²) in [5.74, 6) is -0.109. The Morgan fingerprint density at radius 3 is 2.44 bits per heavy atom. The molecule has 6 heteroatoms. The zero-order valence-electron chi connectivity index (χ0n) is 9.34. The van der Waals surface area contributed by atoms with Crippen molar-refractivity contribution >= 4 is 57.1 Å². The zero-order chi connectivity index (χ0) is 13.3. The number of carbonyl (C=O) groups excluding carboxylic acids is 2. The van der Waals surface area contributed by atoms with Gasteiger partial charge in [0.1, 0.15) is 4.32 Å². The van der Waals surface area contributed by atoms with Gasteiger partial charge in [0.05, 0.1) is 4.91 Å². The normalized spacial score (nSPS) is 17.7. The molecule has 1 aliphatic rings. The summed E-state index contributed by atoms with van der Waals surface area (Å²) in [5, 5.41) is -0.499. The maximum Gasteiger partial charge on any atom is 0.265 e. The standard InChI is InChI=1S/C12H8ClNO2S2/c1-14-11(16)9(18-12(14)17)6-7-2-4-8(5-3-7)10(13)15/h2-6H,1H3/b9-6-. The third kappa shape index (κ3) is 2.63. The highest BCUT2D eigenvalue weighted by Gasteiger charge is 2.28. The molecule has 1 amide bonds. The monoisotopic (exact) mass is 297 g/mol. The van der Waals surface area contributed by atoms with Crippen LogP contribution in [-0.2, 0) is 4.79 Å². The number of thioether (sulfide) groups is 1. The van der Waals surface area contributed by atoms with E-state index < -0.39 is 5.24 Å². The van der Waals surface area contributed by atoms with E-state index in [1.165, 1.54) is 16.7 Å². The Morgan fingerprint density at radius 1 is 1.39 bits per heavy atom. The van der Waals surface area contributed by atoms with E-state index in [0.717, 1.165) is 5.56 Å². The number of benzene rings is 1. The molecule has 1 fully saturated rings. The van der Waals surface area contributed by atoms with Crippen LogP contribution in [0.3, 0.4) is 0 Å². The largest absolute Gasteiger partial charge is 0.296 e. The van der Waals surface area contributed by atoms with E-state index in [4.69, 9.17) is 23.8 Å². The van der Waals surface area contributed by atoms with Gasteiger partial charge < -0.3 is 0 Å². The van der Waals surface area contributed by atoms with Crippen molar-refractivity contribution in [2.75, 3.05) is 7.05 Å². The van der Waals surface area contributed by atoms with Crippen molar-refractivity contribution < 1.29 is 9.59 Å². The van der Waals surface area contributed by atoms with Crippen LogP contribution in [0.4, 0.5) is 0 Å². The van der Waals surface area contributed by atoms with E-state index in [1.807, 2.05) is 0 Å². The van der Waals surface area contributed by atoms with Crippen molar-refractivity contribution in [1.29, 1.82) is 0 Å². The van der Waals surface area contributed by atoms with Gasteiger partial charge in [0.25, 0.3) is 11.1 Å². The number of rotatable bonds is 2. The van der Waals surface area contributed by atoms with Crippen molar-refractivity contribution in [1.82, 2.24) is 4.90 Å². The molecule has 1 heterocycles. The van der Waals surface area contributed by atoms with Gasteiger partial charge in [-0.3, -0.25) is 14.5 Å². The third-order valence-corrected chi connectivity index (χ3v) is 4.12. The highest BCUT2D eigenvalue weighted by atomic mass is 35.5. The molecule has 0 radical (unpaired) electrons. The lowest BCUT2D eigenvalue weighted by atomic mass is 10.1. The molecule has 0 spiro atoms. The second-order valence-electron chi connectivity index (χ2n) is 3.64. The molecule has 0 aliphatic carbocycles. The molecule has 0 atom stereocenters. The molecule has 0 saturated carbocycles. The summed E-state index contributed by atoms with van der Waals surface area (Å²) in [7, 11) is 1.65. The van der Waals surface area contributed by atoms with Gasteiger partial charge in [0, 0.05) is 12.6 Å². The van der Waals surface area contributed by atoms with E-state index in [1.54, 1.807) is 37.4 Å². The van der Waals surface area contributed by atoms with E-state index in [0.29, 0.717) is 14.8 Å². The number of hydrogen-bond acceptors (Lipinski definition) is 4. The van der Waals surface area contributed by atoms with Crippen LogP contribution in [0, 0.1) is 0 Å². The maximum atomic E-state index is 11.8. The molecular formula is C12H8ClNO2S2. The van der Waals surface area contributed by atoms with Gasteiger partial charge in [-0.15, -0.1) is 0 Å². The summed E-state index contributed by atoms with van der Waals surface area (Å²) in [6, 6.07) is 6.71. The molecule has 1 aromatic rings. The van der Waals surface area contributed by atoms with Gasteiger partial charge in [-0.05, 0) is 35.4 Å². The van der Waals surface area contributed by atoms with Crippen molar-refractivity contribution in [2.24, 2.45) is 0 Å². The van der Waals surface area contributed by atoms with Gasteiger partial charge in [-0.25, -0.2) is 0 Å². The minimum Gasteiger partial charge on any atom is -0.296 e. The average Bonchev–Trinajstić information content (AvgIpc) is 2.58. The highest BCUT2D eigenvalue weighted by Crippen LogP contribution is 2.31. The van der Waals surface area contributed by atoms with Gasteiger partial charge in [-0.2, -0.15) is 0 Å². The summed E-state index contributed by atoms with van der Waals surface area (Å²) in [5.41, 5.74) is 1.25. The number of nitrogens with zero attached hydrogens (tertiary/aromatic N) is 1. The fraction of sp³-hybridized carbons (Fsp3) is 0.0833. The molecule has 0 aromatic heterocycles. The fourth-order valence-corrected chi connectivity index (χ4v) is 2.71. The van der Waals surface area contributed by atoms with Crippen LogP contribution in [0.15, 0.2) is 29.2 Å². The smallest absolute Gasteiger partial charge is 0.265 e. The molecule has 2 rings (SSSR count). The van der Waals surface area contributed by atoms with E-state index in [2.05, 4.69) is 0 Å². The maximum absolute atomic E-state index is 11.8. The predicted molar refractivity (Wildman–Crippen MR) is 77.6 cm³/mol. The molecule has 18 heavy (non-hydrogen) atoms. The Kier molecular flexibility index (Phi) is 3.85. The summed E-state index contributed by atoms with van der Waals surface area (Å²) >= 11 is 11.6. The molecular weight excluding hydrogens is 290 g/mol. The van der Waals surface area contributed by atoms with Crippen LogP contribution in [0.5, 0.6) is 0 Å². The van der Waals surface area contributed by atoms with Crippen molar-refractivity contribution in [3.8, 4) is 0 Å². The van der Waals surface area contributed by atoms with Crippen molar-refractivity contribution in [3.05, 3.63) is 40.3 Å². The minimum absolute atomic E-state index is 0.109. The summed E-state index contributed by atoms with van der Waals surface area (Å²) in [6.45, 7) is 0. The molecule has 1 aliphatic heterocycles. The summed E-state index contributed by atoms with van der Waals surface area (Å²) < 4.78 is 0.541. The lowest BCUT2D eigenvalue weighted by Crippen LogP contribution is -2.22. The first-order valence-electron chi connectivity index (χ1n) is 5.00. The quantitative estimate of drug-likeness (QED) is 0.478. The zero-order valence-corrected chi connectivity index (χ0v) is 11.7. The molecule has 0 bridgehead atoms. The van der Waals surface area contributed by atoms with E-state index >= 15 is 0 Å². The molecule has 1 saturated heterocycles. The number of thiocarbonyl (C=S) groups is 1. The van der Waals surface area contributed by atoms with Crippen molar-refractivity contribution in [2.45, 2.75) is 0 Å². The Hall–Kier alpha value is -1.17. The van der Waals surface area contributed by atoms with Gasteiger partial charge in [0.15, 0.2) is 0 Å². The Labute approximate surface area is 119 Å². The number of hydrogen-bond donors (Lipinski definition) is 0. The molecule has 0 unspecified atom stereocenters. The van der Waals surface area contributed by atoms with Crippen LogP contribution in [0.2, 0.25) is 0 Å². The topological polar surface area (TPSA) is 37.4 Å². The Bertz CT molecular complexity index is 566. The fourth-order valence-electron chi connectivity index (χ4n) is 1.41. The number of amides is 1. The van der Waals surface area contributed by atoms with Gasteiger partial charge in [-0.1, -0.05) is 36.1 Å². The van der Waals surface area contributed by atoms with Gasteiger partial charge in [0.2, 0.25) is 0 Å². The molecule has 92 valence electrons. The van der Waals surface area contributed by atoms with Crippen LogP contribution in [-0.4, -0.2) is 27.4 Å². The van der Waals surface area contributed by atoms with Gasteiger partial charge >= 0.3 is 0 Å². The first-order chi connectivity index (χ1) is 8.49. The van der Waals surface area contributed by atoms with Crippen LogP contribution in [0.1, 0.15) is 15.9 Å². The summed E-state index contributed by atoms with van der Waals surface area (Å²) in [4.78, 5) is 24.7. The first-order valence-corrected chi connectivity index (χ1v) is 6.61. The average molecular weight is 298 g/mol. The number of carbonyl (C=O) groups is 2. The lowest BCUT2D eigenvalue weighted by molar-refractivity contribution is -0.121. The van der Waals surface area contributed by atoms with Crippen LogP contribution >= 0.6 is 35.6 Å². The first kappa shape index (κ1) is 13.3. The number of likely N-dealkylation sites (N-methyl/N-ethyl adjacent to an activating group) is 1. The molecule has 0 N–H and O–H groups in total. The highest BCUT2D eigenvalue weighted by molar-refractivity contribution is 8.26. The predicted octanol–water partition coefficient (Wildman–Crippen LogP) is 2.90. The van der Waals surface area contributed by atoms with E-state index in [9.17, 15) is 9.59 Å². The van der Waals surface area contributed by atoms with Crippen molar-refractivity contribution in [3.63, 3.8) is 0 Å². The number of halogens is 1. The molecule has 3 nitrogen and oxygen atoms in total. The third-order valence-electron chi connectivity index (χ3n) is 2.42. The Balaban J connectivity index is 2.26. The molecule has 1 aromatic carbocycles. The van der Waals surface area contributed by atoms with Crippen LogP contribution < -0.4 is 0 Å². The van der Waals surface area contributed by atoms with E-state index in [-0.39, 0.29) is 5.91 Å². The Morgan fingerprint density at radius 2 is 2.00 bits per heavy atom. The second-order valence-corrected chi connectivity index (χ2v) is 5.66. The second kappa shape index (κ2) is 5.22. The summed E-state index contributed by atoms with van der Waals surface area (Å²) in [6.07, 6.45) is 1.74. The lowest BCUT2D eigenvalue weighted by Gasteiger charge is -2.03. The minimum atomic E-state index is -0.499.